The van der Waals surface area contributed by atoms with Crippen LogP contribution in [0.25, 0.3) is 0 Å². The number of piperidine rings is 1. The molecule has 24 heavy (non-hydrogen) atoms. The lowest BCUT2D eigenvalue weighted by Gasteiger charge is -2.34. The van der Waals surface area contributed by atoms with Crippen LogP contribution in [-0.4, -0.2) is 51.4 Å². The Bertz CT molecular complexity index is 571. The highest BCUT2D eigenvalue weighted by Crippen LogP contribution is 2.26. The summed E-state index contributed by atoms with van der Waals surface area (Å²) in [5, 5.41) is 4.49. The highest BCUT2D eigenvalue weighted by molar-refractivity contribution is 5.77. The van der Waals surface area contributed by atoms with Gasteiger partial charge in [0.15, 0.2) is 0 Å². The molecule has 1 saturated carbocycles. The van der Waals surface area contributed by atoms with Gasteiger partial charge in [0.2, 0.25) is 5.91 Å². The summed E-state index contributed by atoms with van der Waals surface area (Å²) in [4.78, 5) is 18.9. The van der Waals surface area contributed by atoms with Gasteiger partial charge >= 0.3 is 0 Å². The number of aryl methyl sites for hydroxylation is 2. The summed E-state index contributed by atoms with van der Waals surface area (Å²) in [6.45, 7) is 7.93. The first kappa shape index (κ1) is 17.4. The van der Waals surface area contributed by atoms with E-state index in [1.54, 1.807) is 0 Å². The third-order valence-corrected chi connectivity index (χ3v) is 5.33. The topological polar surface area (TPSA) is 60.2 Å². The number of carbonyl (C=O) groups excluding carboxylic acids is 1. The molecular weight excluding hydrogens is 304 g/mol. The average molecular weight is 334 g/mol. The van der Waals surface area contributed by atoms with Gasteiger partial charge in [-0.2, -0.15) is 5.10 Å². The van der Waals surface area contributed by atoms with Crippen molar-refractivity contribution < 1.29 is 9.53 Å². The Kier molecular flexibility index (Phi) is 5.54. The first-order valence-corrected chi connectivity index (χ1v) is 9.32. The summed E-state index contributed by atoms with van der Waals surface area (Å²) in [5.74, 6) is 2.56. The molecule has 1 aromatic rings. The van der Waals surface area contributed by atoms with Gasteiger partial charge in [0.25, 0.3) is 0 Å². The molecule has 1 aliphatic heterocycles. The minimum atomic E-state index is 0.118. The summed E-state index contributed by atoms with van der Waals surface area (Å²) in [6, 6.07) is 0.235. The van der Waals surface area contributed by atoms with Crippen LogP contribution in [-0.2, 0) is 9.53 Å². The number of hydrogen-bond donors (Lipinski definition) is 0. The fourth-order valence-electron chi connectivity index (χ4n) is 4.07. The number of carbonyl (C=O) groups is 1. The van der Waals surface area contributed by atoms with Crippen LogP contribution >= 0.6 is 0 Å². The zero-order valence-corrected chi connectivity index (χ0v) is 15.2. The summed E-state index contributed by atoms with van der Waals surface area (Å²) in [6.07, 6.45) is 7.02. The number of aromatic nitrogens is 3. The van der Waals surface area contributed by atoms with E-state index < -0.39 is 0 Å². The van der Waals surface area contributed by atoms with Gasteiger partial charge in [-0.15, -0.1) is 0 Å². The number of ether oxygens (including phenoxy) is 1. The first-order chi connectivity index (χ1) is 11.5. The molecule has 0 radical (unpaired) electrons. The second-order valence-electron chi connectivity index (χ2n) is 7.49. The Hall–Kier alpha value is -1.43. The Balaban J connectivity index is 1.52. The van der Waals surface area contributed by atoms with Crippen molar-refractivity contribution in [1.82, 2.24) is 19.7 Å². The van der Waals surface area contributed by atoms with E-state index in [0.717, 1.165) is 49.8 Å². The standard InChI is InChI=1S/C18H30N4O2/c1-13-6-4-8-17(10-13)24-12-18(23)21-9-5-7-16(11-21)22-15(3)19-14(2)20-22/h13,16-17H,4-12H2,1-3H3/t13-,16-,17-/m1/s1. The lowest BCUT2D eigenvalue weighted by atomic mass is 9.89. The van der Waals surface area contributed by atoms with Crippen molar-refractivity contribution in [2.75, 3.05) is 19.7 Å². The monoisotopic (exact) mass is 334 g/mol. The average Bonchev–Trinajstić information content (AvgIpc) is 2.91. The Labute approximate surface area is 144 Å². The van der Waals surface area contributed by atoms with E-state index in [1.807, 2.05) is 23.4 Å². The van der Waals surface area contributed by atoms with E-state index in [1.165, 1.54) is 12.8 Å². The zero-order valence-electron chi connectivity index (χ0n) is 15.2. The molecule has 2 fully saturated rings. The quantitative estimate of drug-likeness (QED) is 0.849. The fourth-order valence-corrected chi connectivity index (χ4v) is 4.07. The smallest absolute Gasteiger partial charge is 0.248 e. The SMILES string of the molecule is Cc1nc(C)n([C@@H]2CCCN(C(=O)CO[C@@H]3CCC[C@@H](C)C3)C2)n1. The van der Waals surface area contributed by atoms with Gasteiger partial charge in [0.05, 0.1) is 12.1 Å². The maximum atomic E-state index is 12.5. The highest BCUT2D eigenvalue weighted by Gasteiger charge is 2.27. The predicted octanol–water partition coefficient (Wildman–Crippen LogP) is 2.65. The van der Waals surface area contributed by atoms with Crippen LogP contribution in [0.4, 0.5) is 0 Å². The maximum Gasteiger partial charge on any atom is 0.248 e. The van der Waals surface area contributed by atoms with Crippen molar-refractivity contribution in [3.8, 4) is 0 Å². The molecular formula is C18H30N4O2. The van der Waals surface area contributed by atoms with Crippen LogP contribution < -0.4 is 0 Å². The zero-order chi connectivity index (χ0) is 17.1. The molecule has 1 amide bonds. The molecule has 6 heteroatoms. The molecule has 1 aromatic heterocycles. The molecule has 134 valence electrons. The van der Waals surface area contributed by atoms with Crippen molar-refractivity contribution >= 4 is 5.91 Å². The fraction of sp³-hybridized carbons (Fsp3) is 0.833. The minimum absolute atomic E-state index is 0.118. The second kappa shape index (κ2) is 7.64. The van der Waals surface area contributed by atoms with Crippen LogP contribution in [0.5, 0.6) is 0 Å². The molecule has 2 heterocycles. The van der Waals surface area contributed by atoms with Gasteiger partial charge < -0.3 is 9.64 Å². The summed E-state index contributed by atoms with van der Waals surface area (Å²) < 4.78 is 7.90. The third-order valence-electron chi connectivity index (χ3n) is 5.33. The number of likely N-dealkylation sites (tertiary alicyclic amines) is 1. The van der Waals surface area contributed by atoms with E-state index >= 15 is 0 Å². The largest absolute Gasteiger partial charge is 0.368 e. The van der Waals surface area contributed by atoms with Crippen molar-refractivity contribution in [2.45, 2.75) is 71.4 Å². The molecule has 0 bridgehead atoms. The van der Waals surface area contributed by atoms with Crippen LogP contribution in [0.3, 0.4) is 0 Å². The molecule has 3 rings (SSSR count). The van der Waals surface area contributed by atoms with Gasteiger partial charge in [-0.25, -0.2) is 9.67 Å². The predicted molar refractivity (Wildman–Crippen MR) is 91.7 cm³/mol. The number of amides is 1. The Morgan fingerprint density at radius 3 is 2.79 bits per heavy atom. The normalized spacial score (nSPS) is 28.1. The Morgan fingerprint density at radius 1 is 1.25 bits per heavy atom. The third kappa shape index (κ3) is 4.15. The highest BCUT2D eigenvalue weighted by atomic mass is 16.5. The van der Waals surface area contributed by atoms with Crippen molar-refractivity contribution in [3.63, 3.8) is 0 Å². The van der Waals surface area contributed by atoms with Crippen molar-refractivity contribution in [1.29, 1.82) is 0 Å². The number of rotatable bonds is 4. The van der Waals surface area contributed by atoms with Gasteiger partial charge in [-0.05, 0) is 45.4 Å². The molecule has 1 saturated heterocycles. The maximum absolute atomic E-state index is 12.5. The molecule has 0 unspecified atom stereocenters. The van der Waals surface area contributed by atoms with Crippen LogP contribution in [0, 0.1) is 19.8 Å². The van der Waals surface area contributed by atoms with Crippen molar-refractivity contribution in [3.05, 3.63) is 11.6 Å². The summed E-state index contributed by atoms with van der Waals surface area (Å²) in [5.41, 5.74) is 0. The van der Waals surface area contributed by atoms with E-state index in [9.17, 15) is 4.79 Å². The second-order valence-corrected chi connectivity index (χ2v) is 7.49. The lowest BCUT2D eigenvalue weighted by Crippen LogP contribution is -2.43. The summed E-state index contributed by atoms with van der Waals surface area (Å²) in [7, 11) is 0. The van der Waals surface area contributed by atoms with Gasteiger partial charge in [0, 0.05) is 13.1 Å². The molecule has 1 aliphatic carbocycles. The minimum Gasteiger partial charge on any atom is -0.368 e. The van der Waals surface area contributed by atoms with Crippen LogP contribution in [0.1, 0.15) is 63.1 Å². The van der Waals surface area contributed by atoms with E-state index in [4.69, 9.17) is 4.74 Å². The number of nitrogens with zero attached hydrogens (tertiary/aromatic N) is 4. The van der Waals surface area contributed by atoms with Crippen LogP contribution in [0.15, 0.2) is 0 Å². The Morgan fingerprint density at radius 2 is 2.08 bits per heavy atom. The molecule has 0 N–H and O–H groups in total. The molecule has 3 atom stereocenters. The lowest BCUT2D eigenvalue weighted by molar-refractivity contribution is -0.140. The van der Waals surface area contributed by atoms with Crippen LogP contribution in [0.2, 0.25) is 0 Å². The van der Waals surface area contributed by atoms with E-state index in [2.05, 4.69) is 17.0 Å². The van der Waals surface area contributed by atoms with E-state index in [-0.39, 0.29) is 24.7 Å². The van der Waals surface area contributed by atoms with Gasteiger partial charge in [0.1, 0.15) is 18.3 Å². The van der Waals surface area contributed by atoms with Crippen molar-refractivity contribution in [2.24, 2.45) is 5.92 Å². The molecule has 6 nitrogen and oxygen atoms in total. The van der Waals surface area contributed by atoms with Gasteiger partial charge in [-0.1, -0.05) is 19.8 Å². The molecule has 2 aliphatic rings. The van der Waals surface area contributed by atoms with E-state index in [0.29, 0.717) is 6.54 Å². The van der Waals surface area contributed by atoms with Gasteiger partial charge in [-0.3, -0.25) is 4.79 Å². The number of hydrogen-bond acceptors (Lipinski definition) is 4. The molecule has 0 aromatic carbocycles. The first-order valence-electron chi connectivity index (χ1n) is 9.32. The summed E-state index contributed by atoms with van der Waals surface area (Å²) >= 11 is 0. The molecule has 0 spiro atoms.